The number of hydrogen-bond donors (Lipinski definition) is 0. The van der Waals surface area contributed by atoms with Gasteiger partial charge in [0.2, 0.25) is 0 Å². The van der Waals surface area contributed by atoms with E-state index in [1.54, 1.807) is 0 Å². The second-order valence-corrected chi connectivity index (χ2v) is 23.7. The Kier molecular flexibility index (Phi) is 41.0. The Morgan fingerprint density at radius 3 is 0.467 bits per heavy atom. The van der Waals surface area contributed by atoms with Crippen molar-refractivity contribution in [2.75, 3.05) is 52.9 Å². The average Bonchev–Trinajstić information content (AvgIpc) is 3.44. The first-order chi connectivity index (χ1) is 44.3. The van der Waals surface area contributed by atoms with Gasteiger partial charge in [-0.15, -0.1) is 12.8 Å². The lowest BCUT2D eigenvalue weighted by Gasteiger charge is -2.15. The molecule has 0 atom stereocenters. The van der Waals surface area contributed by atoms with E-state index < -0.39 is 0 Å². The average molecular weight is 1230 g/mol. The molecule has 0 aliphatic rings. The molecule has 0 heterocycles. The number of unbranched alkanes of at least 4 members (excludes halogenated alkanes) is 24. The minimum atomic E-state index is 0.528. The summed E-state index contributed by atoms with van der Waals surface area (Å²) in [5.74, 6) is 32.0. The van der Waals surface area contributed by atoms with Crippen molar-refractivity contribution in [1.29, 1.82) is 0 Å². The van der Waals surface area contributed by atoms with Crippen LogP contribution in [0.15, 0.2) is 48.5 Å². The highest BCUT2D eigenvalue weighted by Crippen LogP contribution is 2.35. The maximum Gasteiger partial charge on any atom is 0.136 e. The maximum atomic E-state index is 6.76. The summed E-state index contributed by atoms with van der Waals surface area (Å²) in [7, 11) is 0. The second-order valence-electron chi connectivity index (χ2n) is 23.7. The highest BCUT2D eigenvalue weighted by molar-refractivity contribution is 5.66. The number of hydrogen-bond acceptors (Lipinski definition) is 8. The predicted molar refractivity (Wildman–Crippen MR) is 377 cm³/mol. The maximum absolute atomic E-state index is 6.76. The van der Waals surface area contributed by atoms with Crippen LogP contribution in [0.2, 0.25) is 0 Å². The van der Waals surface area contributed by atoms with Crippen molar-refractivity contribution >= 4 is 0 Å². The van der Waals surface area contributed by atoms with Crippen molar-refractivity contribution in [3.8, 4) is 106 Å². The fraction of sp³-hybridized carbons (Fsp3) is 0.585. The van der Waals surface area contributed by atoms with E-state index >= 15 is 0 Å². The summed E-state index contributed by atoms with van der Waals surface area (Å²) in [6.45, 7) is 22.1. The summed E-state index contributed by atoms with van der Waals surface area (Å²) in [6.07, 6.45) is 46.6. The summed E-state index contributed by atoms with van der Waals surface area (Å²) in [4.78, 5) is 0. The molecule has 4 aromatic rings. The molecule has 0 fully saturated rings. The Labute approximate surface area is 548 Å². The third kappa shape index (κ3) is 29.8. The lowest BCUT2D eigenvalue weighted by Crippen LogP contribution is -2.04. The molecule has 490 valence electrons. The van der Waals surface area contributed by atoms with E-state index in [1.165, 1.54) is 0 Å². The Morgan fingerprint density at radius 2 is 0.333 bits per heavy atom. The summed E-state index contributed by atoms with van der Waals surface area (Å²) in [6, 6.07) is 15.7. The van der Waals surface area contributed by atoms with Crippen molar-refractivity contribution in [2.24, 2.45) is 0 Å². The van der Waals surface area contributed by atoms with E-state index in [0.717, 1.165) is 205 Å². The molecule has 0 radical (unpaired) electrons. The van der Waals surface area contributed by atoms with Crippen LogP contribution in [0.5, 0.6) is 46.0 Å². The normalized spacial score (nSPS) is 10.6. The minimum absolute atomic E-state index is 0.528. The molecule has 0 aliphatic carbocycles. The SMILES string of the molecule is C#Cc1cc(OCCCCCC)c(C#Cc2cc(OCCCCCC)c(C#Cc3cc(OCCCCCC)c(C#Cc4cc(OCCCCCC)c(C#C)cc4OCCCCCC)cc3OCCCCCC)cc2OCCCCCC)cc1OCCCCCC. The van der Waals surface area contributed by atoms with Gasteiger partial charge in [-0.1, -0.05) is 257 Å². The molecule has 0 aliphatic heterocycles. The third-order valence-corrected chi connectivity index (χ3v) is 15.7. The lowest BCUT2D eigenvalue weighted by atomic mass is 10.0. The number of ether oxygens (including phenoxy) is 8. The van der Waals surface area contributed by atoms with E-state index in [2.05, 4.69) is 103 Å². The van der Waals surface area contributed by atoms with Crippen LogP contribution in [0.25, 0.3) is 0 Å². The summed E-state index contributed by atoms with van der Waals surface area (Å²) >= 11 is 0. The standard InChI is InChI=1S/C82H114O8/c1-11-21-29-37-51-83-75-61-69(77(59-67(75)19-9)85-53-39-31-23-13-3)45-47-71-63-81(89-57-43-35-27-17-7)73(65-79(71)87-55-41-33-25-15-5)49-50-74-66-80(88-56-42-34-26-16-6)72(64-82(74)90-58-44-36-28-18-8)48-46-70-62-76(84-52-38-30-22-12-2)68(20-10)60-78(70)86-54-40-32-24-14-4/h9-10,59-66H,11-18,21-44,51-58H2,1-8H3. The predicted octanol–water partition coefficient (Wildman–Crippen LogP) is 21.5. The van der Waals surface area contributed by atoms with Gasteiger partial charge in [0.1, 0.15) is 46.0 Å². The van der Waals surface area contributed by atoms with Crippen LogP contribution in [-0.2, 0) is 0 Å². The van der Waals surface area contributed by atoms with Gasteiger partial charge < -0.3 is 37.9 Å². The highest BCUT2D eigenvalue weighted by Gasteiger charge is 2.17. The monoisotopic (exact) mass is 1230 g/mol. The summed E-state index contributed by atoms with van der Waals surface area (Å²) in [5.41, 5.74) is 5.48. The molecule has 90 heavy (non-hydrogen) atoms. The molecule has 0 N–H and O–H groups in total. The van der Waals surface area contributed by atoms with E-state index in [1.807, 2.05) is 48.5 Å². The van der Waals surface area contributed by atoms with Gasteiger partial charge in [-0.3, -0.25) is 0 Å². The molecule has 0 amide bonds. The second kappa shape index (κ2) is 48.9. The van der Waals surface area contributed by atoms with Gasteiger partial charge in [0, 0.05) is 48.5 Å². The zero-order valence-corrected chi connectivity index (χ0v) is 57.3. The van der Waals surface area contributed by atoms with Crippen molar-refractivity contribution < 1.29 is 37.9 Å². The molecular weight excluding hydrogens is 1110 g/mol. The van der Waals surface area contributed by atoms with Crippen molar-refractivity contribution in [3.05, 3.63) is 93.0 Å². The van der Waals surface area contributed by atoms with Gasteiger partial charge in [-0.2, -0.15) is 0 Å². The van der Waals surface area contributed by atoms with Gasteiger partial charge >= 0.3 is 0 Å². The molecule has 0 saturated heterocycles. The molecule has 0 bridgehead atoms. The molecule has 0 spiro atoms. The molecular formula is C82H114O8. The molecule has 8 heteroatoms. The zero-order valence-electron chi connectivity index (χ0n) is 57.3. The Bertz CT molecular complexity index is 2720. The molecule has 4 rings (SSSR count). The first-order valence-corrected chi connectivity index (χ1v) is 35.5. The Balaban J connectivity index is 1.99. The molecule has 0 aromatic heterocycles. The van der Waals surface area contributed by atoms with Gasteiger partial charge in [0.05, 0.1) is 97.4 Å². The van der Waals surface area contributed by atoms with Gasteiger partial charge in [-0.05, 0) is 51.4 Å². The minimum Gasteiger partial charge on any atom is -0.492 e. The quantitative estimate of drug-likeness (QED) is 0.0320. The zero-order chi connectivity index (χ0) is 64.5. The largest absolute Gasteiger partial charge is 0.492 e. The smallest absolute Gasteiger partial charge is 0.136 e. The van der Waals surface area contributed by atoms with Gasteiger partial charge in [0.25, 0.3) is 0 Å². The van der Waals surface area contributed by atoms with E-state index in [-0.39, 0.29) is 0 Å². The number of terminal acetylenes is 2. The van der Waals surface area contributed by atoms with Crippen LogP contribution >= 0.6 is 0 Å². The lowest BCUT2D eigenvalue weighted by molar-refractivity contribution is 0.295. The van der Waals surface area contributed by atoms with Crippen molar-refractivity contribution in [1.82, 2.24) is 0 Å². The van der Waals surface area contributed by atoms with Crippen LogP contribution in [0, 0.1) is 60.2 Å². The number of rotatable bonds is 48. The summed E-state index contributed by atoms with van der Waals surface area (Å²) < 4.78 is 52.7. The van der Waals surface area contributed by atoms with E-state index in [0.29, 0.717) is 143 Å². The summed E-state index contributed by atoms with van der Waals surface area (Å²) in [5, 5.41) is 0. The molecule has 0 saturated carbocycles. The van der Waals surface area contributed by atoms with Crippen LogP contribution < -0.4 is 37.9 Å². The van der Waals surface area contributed by atoms with Crippen LogP contribution in [0.1, 0.15) is 305 Å². The van der Waals surface area contributed by atoms with Crippen molar-refractivity contribution in [2.45, 2.75) is 261 Å². The van der Waals surface area contributed by atoms with Crippen LogP contribution in [0.4, 0.5) is 0 Å². The Hall–Kier alpha value is -6.92. The third-order valence-electron chi connectivity index (χ3n) is 15.7. The first-order valence-electron chi connectivity index (χ1n) is 35.5. The van der Waals surface area contributed by atoms with Crippen LogP contribution in [0.3, 0.4) is 0 Å². The fourth-order valence-electron chi connectivity index (χ4n) is 10.1. The van der Waals surface area contributed by atoms with Crippen LogP contribution in [-0.4, -0.2) is 52.9 Å². The topological polar surface area (TPSA) is 73.8 Å². The fourth-order valence-corrected chi connectivity index (χ4v) is 10.1. The van der Waals surface area contributed by atoms with E-state index in [4.69, 9.17) is 50.7 Å². The van der Waals surface area contributed by atoms with Gasteiger partial charge in [-0.25, -0.2) is 0 Å². The Morgan fingerprint density at radius 1 is 0.200 bits per heavy atom. The highest BCUT2D eigenvalue weighted by atomic mass is 16.5. The molecule has 8 nitrogen and oxygen atoms in total. The van der Waals surface area contributed by atoms with E-state index in [9.17, 15) is 0 Å². The molecule has 4 aromatic carbocycles. The number of benzene rings is 4. The molecule has 0 unspecified atom stereocenters. The first kappa shape index (κ1) is 75.5. The van der Waals surface area contributed by atoms with Gasteiger partial charge in [0.15, 0.2) is 0 Å². The van der Waals surface area contributed by atoms with Crippen molar-refractivity contribution in [3.63, 3.8) is 0 Å².